The van der Waals surface area contributed by atoms with Crippen LogP contribution in [0.5, 0.6) is 0 Å². The first-order valence-corrected chi connectivity index (χ1v) is 6.65. The number of allylic oxidation sites excluding steroid dienone is 1. The van der Waals surface area contributed by atoms with E-state index in [9.17, 15) is 4.79 Å². The largest absolute Gasteiger partial charge is 0.339 e. The molecule has 0 saturated carbocycles. The van der Waals surface area contributed by atoms with Gasteiger partial charge in [0, 0.05) is 24.5 Å². The van der Waals surface area contributed by atoms with Crippen molar-refractivity contribution >= 4 is 17.5 Å². The van der Waals surface area contributed by atoms with Crippen LogP contribution in [0.1, 0.15) is 24.4 Å². The van der Waals surface area contributed by atoms with E-state index in [4.69, 9.17) is 11.6 Å². The number of aryl methyl sites for hydroxylation is 1. The Balaban J connectivity index is 2.36. The van der Waals surface area contributed by atoms with Crippen molar-refractivity contribution in [1.29, 1.82) is 0 Å². The monoisotopic (exact) mass is 289 g/mol. The first-order valence-electron chi connectivity index (χ1n) is 6.27. The summed E-state index contributed by atoms with van der Waals surface area (Å²) in [6, 6.07) is 7.06. The maximum atomic E-state index is 11.8. The van der Waals surface area contributed by atoms with E-state index in [0.29, 0.717) is 5.02 Å². The second kappa shape index (κ2) is 6.39. The number of benzene rings is 1. The van der Waals surface area contributed by atoms with Gasteiger partial charge in [-0.2, -0.15) is 0 Å². The summed E-state index contributed by atoms with van der Waals surface area (Å²) in [6.45, 7) is 1.80. The van der Waals surface area contributed by atoms with Crippen LogP contribution in [0, 0.1) is 0 Å². The SMILES string of the molecule is C/C=C/C(=O)NC(c1ccc(Cl)cc1)c1nccn1C. The van der Waals surface area contributed by atoms with Gasteiger partial charge in [-0.3, -0.25) is 4.79 Å². The Morgan fingerprint density at radius 3 is 2.65 bits per heavy atom. The van der Waals surface area contributed by atoms with Gasteiger partial charge in [0.2, 0.25) is 5.91 Å². The summed E-state index contributed by atoms with van der Waals surface area (Å²) >= 11 is 5.91. The quantitative estimate of drug-likeness (QED) is 0.880. The van der Waals surface area contributed by atoms with Crippen molar-refractivity contribution in [2.45, 2.75) is 13.0 Å². The Morgan fingerprint density at radius 1 is 1.40 bits per heavy atom. The summed E-state index contributed by atoms with van der Waals surface area (Å²) in [5.41, 5.74) is 0.932. The zero-order chi connectivity index (χ0) is 14.5. The molecule has 1 amide bonds. The number of nitrogens with zero attached hydrogens (tertiary/aromatic N) is 2. The molecule has 1 heterocycles. The highest BCUT2D eigenvalue weighted by Crippen LogP contribution is 2.22. The van der Waals surface area contributed by atoms with Gasteiger partial charge in [0.05, 0.1) is 0 Å². The van der Waals surface area contributed by atoms with Crippen LogP contribution in [-0.4, -0.2) is 15.5 Å². The predicted molar refractivity (Wildman–Crippen MR) is 79.5 cm³/mol. The van der Waals surface area contributed by atoms with E-state index in [1.165, 1.54) is 6.08 Å². The maximum absolute atomic E-state index is 11.8. The predicted octanol–water partition coefficient (Wildman–Crippen LogP) is 2.86. The number of hydrogen-bond donors (Lipinski definition) is 1. The number of amides is 1. The van der Waals surface area contributed by atoms with Crippen LogP contribution in [-0.2, 0) is 11.8 Å². The third-order valence-electron chi connectivity index (χ3n) is 2.92. The van der Waals surface area contributed by atoms with Crippen LogP contribution in [0.25, 0.3) is 0 Å². The second-order valence-electron chi connectivity index (χ2n) is 4.39. The van der Waals surface area contributed by atoms with Gasteiger partial charge in [-0.1, -0.05) is 29.8 Å². The molecule has 0 aliphatic rings. The first-order chi connectivity index (χ1) is 9.61. The van der Waals surface area contributed by atoms with Gasteiger partial charge < -0.3 is 9.88 Å². The molecule has 5 heteroatoms. The Morgan fingerprint density at radius 2 is 2.10 bits per heavy atom. The molecular formula is C15H16ClN3O. The molecule has 0 bridgehead atoms. The van der Waals surface area contributed by atoms with Crippen molar-refractivity contribution in [3.8, 4) is 0 Å². The summed E-state index contributed by atoms with van der Waals surface area (Å²) in [7, 11) is 1.90. The van der Waals surface area contributed by atoms with Gasteiger partial charge in [-0.25, -0.2) is 4.98 Å². The average molecular weight is 290 g/mol. The van der Waals surface area contributed by atoms with Gasteiger partial charge in [-0.15, -0.1) is 0 Å². The van der Waals surface area contributed by atoms with Crippen molar-refractivity contribution in [3.05, 3.63) is 65.2 Å². The van der Waals surface area contributed by atoms with Gasteiger partial charge in [0.25, 0.3) is 0 Å². The summed E-state index contributed by atoms with van der Waals surface area (Å²) in [5, 5.41) is 3.60. The van der Waals surface area contributed by atoms with E-state index in [2.05, 4.69) is 10.3 Å². The van der Waals surface area contributed by atoms with Crippen LogP contribution in [0.15, 0.2) is 48.8 Å². The number of hydrogen-bond acceptors (Lipinski definition) is 2. The topological polar surface area (TPSA) is 46.9 Å². The van der Waals surface area contributed by atoms with E-state index in [0.717, 1.165) is 11.4 Å². The number of carbonyl (C=O) groups is 1. The highest BCUT2D eigenvalue weighted by atomic mass is 35.5. The summed E-state index contributed by atoms with van der Waals surface area (Å²) in [5.74, 6) is 0.612. The third-order valence-corrected chi connectivity index (χ3v) is 3.18. The molecular weight excluding hydrogens is 274 g/mol. The highest BCUT2D eigenvalue weighted by Gasteiger charge is 2.19. The van der Waals surface area contributed by atoms with Gasteiger partial charge >= 0.3 is 0 Å². The standard InChI is InChI=1S/C15H16ClN3O/c1-3-4-13(20)18-14(15-17-9-10-19(15)2)11-5-7-12(16)8-6-11/h3-10,14H,1-2H3,(H,18,20)/b4-3+. The van der Waals surface area contributed by atoms with Crippen molar-refractivity contribution in [3.63, 3.8) is 0 Å². The zero-order valence-electron chi connectivity index (χ0n) is 11.4. The van der Waals surface area contributed by atoms with Crippen LogP contribution < -0.4 is 5.32 Å². The van der Waals surface area contributed by atoms with Crippen molar-refractivity contribution in [1.82, 2.24) is 14.9 Å². The van der Waals surface area contributed by atoms with Gasteiger partial charge in [0.1, 0.15) is 11.9 Å². The lowest BCUT2D eigenvalue weighted by molar-refractivity contribution is -0.117. The molecule has 0 aliphatic carbocycles. The van der Waals surface area contributed by atoms with Crippen molar-refractivity contribution in [2.24, 2.45) is 7.05 Å². The average Bonchev–Trinajstić information content (AvgIpc) is 2.84. The molecule has 4 nitrogen and oxygen atoms in total. The fourth-order valence-electron chi connectivity index (χ4n) is 1.95. The molecule has 1 aromatic carbocycles. The molecule has 0 spiro atoms. The number of aromatic nitrogens is 2. The van der Waals surface area contributed by atoms with Crippen LogP contribution >= 0.6 is 11.6 Å². The number of imidazole rings is 1. The Hall–Kier alpha value is -2.07. The summed E-state index contributed by atoms with van der Waals surface area (Å²) < 4.78 is 1.88. The molecule has 1 aromatic heterocycles. The fraction of sp³-hybridized carbons (Fsp3) is 0.200. The van der Waals surface area contributed by atoms with E-state index in [1.54, 1.807) is 31.3 Å². The van der Waals surface area contributed by atoms with Crippen LogP contribution in [0.3, 0.4) is 0 Å². The molecule has 0 aliphatic heterocycles. The smallest absolute Gasteiger partial charge is 0.244 e. The molecule has 1 unspecified atom stereocenters. The molecule has 0 saturated heterocycles. The van der Waals surface area contributed by atoms with Gasteiger partial charge in [0.15, 0.2) is 0 Å². The van der Waals surface area contributed by atoms with E-state index in [1.807, 2.05) is 29.9 Å². The molecule has 104 valence electrons. The highest BCUT2D eigenvalue weighted by molar-refractivity contribution is 6.30. The number of carbonyl (C=O) groups excluding carboxylic acids is 1. The molecule has 0 fully saturated rings. The molecule has 20 heavy (non-hydrogen) atoms. The molecule has 1 N–H and O–H groups in total. The number of halogens is 1. The Bertz CT molecular complexity index is 616. The van der Waals surface area contributed by atoms with Crippen LogP contribution in [0.4, 0.5) is 0 Å². The fourth-order valence-corrected chi connectivity index (χ4v) is 2.08. The van der Waals surface area contributed by atoms with E-state index >= 15 is 0 Å². The van der Waals surface area contributed by atoms with Gasteiger partial charge in [-0.05, 0) is 30.7 Å². The Kier molecular flexibility index (Phi) is 4.58. The zero-order valence-corrected chi connectivity index (χ0v) is 12.1. The Labute approximate surface area is 123 Å². The third kappa shape index (κ3) is 3.27. The molecule has 2 rings (SSSR count). The lowest BCUT2D eigenvalue weighted by Crippen LogP contribution is -2.29. The summed E-state index contributed by atoms with van der Waals surface area (Å²) in [4.78, 5) is 16.2. The lowest BCUT2D eigenvalue weighted by Gasteiger charge is -2.18. The van der Waals surface area contributed by atoms with E-state index < -0.39 is 0 Å². The minimum atomic E-state index is -0.309. The normalized spacial score (nSPS) is 12.6. The minimum absolute atomic E-state index is 0.157. The molecule has 1 atom stereocenters. The van der Waals surface area contributed by atoms with Crippen LogP contribution in [0.2, 0.25) is 5.02 Å². The lowest BCUT2D eigenvalue weighted by atomic mass is 10.1. The first kappa shape index (κ1) is 14.3. The number of rotatable bonds is 4. The second-order valence-corrected chi connectivity index (χ2v) is 4.83. The summed E-state index contributed by atoms with van der Waals surface area (Å²) in [6.07, 6.45) is 6.75. The molecule has 0 radical (unpaired) electrons. The number of nitrogens with one attached hydrogen (secondary N) is 1. The maximum Gasteiger partial charge on any atom is 0.244 e. The van der Waals surface area contributed by atoms with Crippen molar-refractivity contribution < 1.29 is 4.79 Å². The van der Waals surface area contributed by atoms with Crippen molar-refractivity contribution in [2.75, 3.05) is 0 Å². The molecule has 2 aromatic rings. The minimum Gasteiger partial charge on any atom is -0.339 e. The van der Waals surface area contributed by atoms with E-state index in [-0.39, 0.29) is 11.9 Å².